The van der Waals surface area contributed by atoms with Crippen molar-refractivity contribution >= 4 is 17.7 Å². The first-order chi connectivity index (χ1) is 13.5. The summed E-state index contributed by atoms with van der Waals surface area (Å²) >= 11 is 0. The van der Waals surface area contributed by atoms with Gasteiger partial charge in [0.15, 0.2) is 5.78 Å². The van der Waals surface area contributed by atoms with Crippen LogP contribution in [0, 0.1) is 0 Å². The van der Waals surface area contributed by atoms with E-state index in [2.05, 4.69) is 17.2 Å². The zero-order chi connectivity index (χ0) is 22.0. The van der Waals surface area contributed by atoms with E-state index in [1.54, 1.807) is 20.8 Å². The fraction of sp³-hybridized carbons (Fsp3) is 0.522. The number of hydrogen-bond donors (Lipinski definition) is 2. The Hall–Kier alpha value is -2.47. The number of esters is 1. The minimum atomic E-state index is -0.905. The number of ether oxygens (including phenoxy) is 1. The summed E-state index contributed by atoms with van der Waals surface area (Å²) < 4.78 is 5.43. The van der Waals surface area contributed by atoms with E-state index in [1.807, 2.05) is 44.2 Å². The average Bonchev–Trinajstić information content (AvgIpc) is 2.63. The van der Waals surface area contributed by atoms with Crippen LogP contribution >= 0.6 is 0 Å². The van der Waals surface area contributed by atoms with E-state index >= 15 is 0 Å². The number of allylic oxidation sites excluding steroid dienone is 1. The van der Waals surface area contributed by atoms with Crippen LogP contribution in [0.3, 0.4) is 0 Å². The Bertz CT molecular complexity index is 693. The molecule has 0 fully saturated rings. The Balaban J connectivity index is 2.94. The second-order valence-electron chi connectivity index (χ2n) is 8.37. The standard InChI is InChI=1S/C23H34N2O4/c1-7-18(26)13-14-19(22(28)29-23(4,5)6)25-21(27)20(24-16(2)3)15-17-11-9-8-10-12-17/h7-12,16,19-20,24H,1,13-15H2,2-6H3,(H,25,27)/t19-,20-/m0/s1. The second kappa shape index (κ2) is 11.5. The predicted octanol–water partition coefficient (Wildman–Crippen LogP) is 2.96. The Morgan fingerprint density at radius 2 is 1.72 bits per heavy atom. The number of ketones is 1. The molecule has 0 aliphatic carbocycles. The lowest BCUT2D eigenvalue weighted by Crippen LogP contribution is -2.53. The molecule has 1 aromatic rings. The van der Waals surface area contributed by atoms with Gasteiger partial charge in [-0.1, -0.05) is 50.8 Å². The molecule has 0 saturated heterocycles. The van der Waals surface area contributed by atoms with Gasteiger partial charge >= 0.3 is 5.97 Å². The van der Waals surface area contributed by atoms with Crippen molar-refractivity contribution in [1.82, 2.24) is 10.6 Å². The number of carbonyl (C=O) groups is 3. The molecule has 0 aliphatic heterocycles. The quantitative estimate of drug-likeness (QED) is 0.439. The van der Waals surface area contributed by atoms with Crippen LogP contribution in [-0.4, -0.2) is 41.4 Å². The summed E-state index contributed by atoms with van der Waals surface area (Å²) in [5.74, 6) is -1.04. The van der Waals surface area contributed by atoms with Crippen molar-refractivity contribution in [1.29, 1.82) is 0 Å². The Morgan fingerprint density at radius 1 is 1.10 bits per heavy atom. The summed E-state index contributed by atoms with van der Waals surface area (Å²) in [6, 6.07) is 8.33. The minimum absolute atomic E-state index is 0.0804. The predicted molar refractivity (Wildman–Crippen MR) is 114 cm³/mol. The van der Waals surface area contributed by atoms with E-state index in [0.717, 1.165) is 5.56 Å². The van der Waals surface area contributed by atoms with E-state index in [1.165, 1.54) is 6.08 Å². The summed E-state index contributed by atoms with van der Waals surface area (Å²) in [4.78, 5) is 37.2. The van der Waals surface area contributed by atoms with Gasteiger partial charge in [0.2, 0.25) is 5.91 Å². The first-order valence-electron chi connectivity index (χ1n) is 10.00. The van der Waals surface area contributed by atoms with Crippen molar-refractivity contribution in [3.8, 4) is 0 Å². The van der Waals surface area contributed by atoms with Crippen LogP contribution in [0.4, 0.5) is 0 Å². The Morgan fingerprint density at radius 3 is 2.24 bits per heavy atom. The minimum Gasteiger partial charge on any atom is -0.458 e. The lowest BCUT2D eigenvalue weighted by Gasteiger charge is -2.27. The lowest BCUT2D eigenvalue weighted by atomic mass is 10.0. The first kappa shape index (κ1) is 24.6. The molecule has 1 rings (SSSR count). The van der Waals surface area contributed by atoms with Gasteiger partial charge in [0, 0.05) is 12.5 Å². The molecule has 160 valence electrons. The SMILES string of the molecule is C=CC(=O)CC[C@H](NC(=O)[C@H](Cc1ccccc1)NC(C)C)C(=O)OC(C)(C)C. The van der Waals surface area contributed by atoms with E-state index in [9.17, 15) is 14.4 Å². The first-order valence-corrected chi connectivity index (χ1v) is 10.00. The van der Waals surface area contributed by atoms with E-state index < -0.39 is 23.7 Å². The smallest absolute Gasteiger partial charge is 0.329 e. The van der Waals surface area contributed by atoms with Gasteiger partial charge in [-0.2, -0.15) is 0 Å². The van der Waals surface area contributed by atoms with Crippen molar-refractivity contribution in [2.45, 2.75) is 77.6 Å². The van der Waals surface area contributed by atoms with Crippen molar-refractivity contribution in [2.75, 3.05) is 0 Å². The molecule has 0 radical (unpaired) electrons. The van der Waals surface area contributed by atoms with Gasteiger partial charge in [0.1, 0.15) is 11.6 Å². The fourth-order valence-corrected chi connectivity index (χ4v) is 2.76. The summed E-state index contributed by atoms with van der Waals surface area (Å²) in [6.07, 6.45) is 1.96. The van der Waals surface area contributed by atoms with E-state index in [-0.39, 0.29) is 30.6 Å². The molecule has 0 aromatic heterocycles. The van der Waals surface area contributed by atoms with Crippen molar-refractivity contribution in [3.63, 3.8) is 0 Å². The number of nitrogens with one attached hydrogen (secondary N) is 2. The third kappa shape index (κ3) is 10.0. The molecule has 6 nitrogen and oxygen atoms in total. The van der Waals surface area contributed by atoms with Crippen molar-refractivity contribution in [2.24, 2.45) is 0 Å². The van der Waals surface area contributed by atoms with Gasteiger partial charge in [0.25, 0.3) is 0 Å². The Kier molecular flexibility index (Phi) is 9.75. The molecule has 2 N–H and O–H groups in total. The van der Waals surface area contributed by atoms with Crippen LogP contribution in [0.2, 0.25) is 0 Å². The molecule has 0 heterocycles. The largest absolute Gasteiger partial charge is 0.458 e. The normalized spacial score (nSPS) is 13.4. The number of benzene rings is 1. The molecular formula is C23H34N2O4. The maximum absolute atomic E-state index is 13.0. The van der Waals surface area contributed by atoms with Gasteiger partial charge in [-0.25, -0.2) is 4.79 Å². The van der Waals surface area contributed by atoms with E-state index in [0.29, 0.717) is 6.42 Å². The second-order valence-corrected chi connectivity index (χ2v) is 8.37. The van der Waals surface area contributed by atoms with Crippen LogP contribution in [0.15, 0.2) is 43.0 Å². The van der Waals surface area contributed by atoms with Crippen LogP contribution in [-0.2, 0) is 25.5 Å². The number of carbonyl (C=O) groups excluding carboxylic acids is 3. The van der Waals surface area contributed by atoms with E-state index in [4.69, 9.17) is 4.74 Å². The van der Waals surface area contributed by atoms with Gasteiger partial charge in [-0.3, -0.25) is 9.59 Å². The molecular weight excluding hydrogens is 368 g/mol. The zero-order valence-electron chi connectivity index (χ0n) is 18.2. The molecule has 2 atom stereocenters. The van der Waals surface area contributed by atoms with Crippen molar-refractivity contribution in [3.05, 3.63) is 48.6 Å². The molecule has 1 aromatic carbocycles. The lowest BCUT2D eigenvalue weighted by molar-refractivity contribution is -0.159. The molecule has 0 bridgehead atoms. The summed E-state index contributed by atoms with van der Waals surface area (Å²) in [7, 11) is 0. The number of amides is 1. The monoisotopic (exact) mass is 402 g/mol. The van der Waals surface area contributed by atoms with Crippen LogP contribution in [0.1, 0.15) is 53.0 Å². The molecule has 29 heavy (non-hydrogen) atoms. The summed E-state index contributed by atoms with van der Waals surface area (Å²) in [6.45, 7) is 12.6. The Labute approximate surface area is 174 Å². The van der Waals surface area contributed by atoms with Gasteiger partial charge in [0.05, 0.1) is 6.04 Å². The van der Waals surface area contributed by atoms with Gasteiger partial charge in [-0.15, -0.1) is 0 Å². The van der Waals surface area contributed by atoms with Crippen molar-refractivity contribution < 1.29 is 19.1 Å². The third-order valence-corrected chi connectivity index (χ3v) is 4.05. The molecule has 0 spiro atoms. The molecule has 6 heteroatoms. The number of rotatable bonds is 11. The fourth-order valence-electron chi connectivity index (χ4n) is 2.76. The molecule has 0 unspecified atom stereocenters. The highest BCUT2D eigenvalue weighted by molar-refractivity contribution is 5.91. The van der Waals surface area contributed by atoms with Gasteiger partial charge < -0.3 is 15.4 Å². The highest BCUT2D eigenvalue weighted by Crippen LogP contribution is 2.12. The zero-order valence-corrected chi connectivity index (χ0v) is 18.2. The highest BCUT2D eigenvalue weighted by atomic mass is 16.6. The maximum atomic E-state index is 13.0. The van der Waals surface area contributed by atoms with Gasteiger partial charge in [-0.05, 0) is 45.3 Å². The average molecular weight is 403 g/mol. The van der Waals surface area contributed by atoms with Crippen LogP contribution in [0.5, 0.6) is 0 Å². The highest BCUT2D eigenvalue weighted by Gasteiger charge is 2.29. The molecule has 0 saturated carbocycles. The summed E-state index contributed by atoms with van der Waals surface area (Å²) in [5, 5.41) is 6.03. The topological polar surface area (TPSA) is 84.5 Å². The summed E-state index contributed by atoms with van der Waals surface area (Å²) in [5.41, 5.74) is 0.318. The molecule has 0 aliphatic rings. The van der Waals surface area contributed by atoms with Crippen LogP contribution < -0.4 is 10.6 Å². The maximum Gasteiger partial charge on any atom is 0.329 e. The molecule has 1 amide bonds. The van der Waals surface area contributed by atoms with Crippen LogP contribution in [0.25, 0.3) is 0 Å². The number of hydrogen-bond acceptors (Lipinski definition) is 5. The third-order valence-electron chi connectivity index (χ3n) is 4.05.